The van der Waals surface area contributed by atoms with E-state index in [9.17, 15) is 0 Å². The Balaban J connectivity index is 0.00000500. The Bertz CT molecular complexity index is 1580. The second-order valence-corrected chi connectivity index (χ2v) is 12.3. The van der Waals surface area contributed by atoms with Crippen LogP contribution in [0.15, 0.2) is 88.8 Å². The smallest absolute Gasteiger partial charge is 0.213 e. The molecular formula is C38H48IN3O4S. The number of pyridine rings is 1. The summed E-state index contributed by atoms with van der Waals surface area (Å²) in [5.41, 5.74) is 7.35. The predicted octanol–water partition coefficient (Wildman–Crippen LogP) is 3.88. The first-order chi connectivity index (χ1) is 22.6. The lowest BCUT2D eigenvalue weighted by molar-refractivity contribution is -0.662. The monoisotopic (exact) mass is 769 g/mol. The van der Waals surface area contributed by atoms with Crippen LogP contribution in [0.5, 0.6) is 0 Å². The van der Waals surface area contributed by atoms with Crippen LogP contribution in [0.2, 0.25) is 0 Å². The molecule has 0 atom stereocenters. The van der Waals surface area contributed by atoms with Crippen LogP contribution in [-0.4, -0.2) is 78.4 Å². The van der Waals surface area contributed by atoms with Crippen LogP contribution in [0.25, 0.3) is 28.2 Å². The molecule has 0 fully saturated rings. The maximum atomic E-state index is 6.06. The lowest BCUT2D eigenvalue weighted by Gasteiger charge is -2.18. The van der Waals surface area contributed by atoms with Gasteiger partial charge in [-0.3, -0.25) is 4.90 Å². The number of hydrogen-bond donors (Lipinski definition) is 0. The van der Waals surface area contributed by atoms with Crippen LogP contribution in [0.3, 0.4) is 0 Å². The van der Waals surface area contributed by atoms with Crippen molar-refractivity contribution in [3.63, 3.8) is 0 Å². The van der Waals surface area contributed by atoms with Gasteiger partial charge in [-0.2, -0.15) is 4.57 Å². The van der Waals surface area contributed by atoms with Gasteiger partial charge >= 0.3 is 0 Å². The Labute approximate surface area is 301 Å². The van der Waals surface area contributed by atoms with Gasteiger partial charge in [0.05, 0.1) is 55.7 Å². The highest BCUT2D eigenvalue weighted by molar-refractivity contribution is 8.03. The van der Waals surface area contributed by atoms with Crippen molar-refractivity contribution in [2.24, 2.45) is 0 Å². The lowest BCUT2D eigenvalue weighted by Crippen LogP contribution is -3.00. The van der Waals surface area contributed by atoms with Crippen molar-refractivity contribution in [1.82, 2.24) is 4.90 Å². The van der Waals surface area contributed by atoms with Crippen molar-refractivity contribution in [2.75, 3.05) is 78.4 Å². The number of rotatable bonds is 18. The molecule has 0 saturated heterocycles. The van der Waals surface area contributed by atoms with Crippen molar-refractivity contribution in [1.29, 1.82) is 0 Å². The number of nitrogens with zero attached hydrogens (tertiary/aromatic N) is 3. The Hall–Kier alpha value is -2.51. The Morgan fingerprint density at radius 2 is 1.43 bits per heavy atom. The number of thioether (sulfide) groups is 1. The van der Waals surface area contributed by atoms with Crippen LogP contribution >= 0.6 is 11.8 Å². The molecule has 2 heterocycles. The molecule has 7 nitrogen and oxygen atoms in total. The van der Waals surface area contributed by atoms with Gasteiger partial charge in [0, 0.05) is 43.3 Å². The van der Waals surface area contributed by atoms with Crippen molar-refractivity contribution >= 4 is 34.4 Å². The fourth-order valence-electron chi connectivity index (χ4n) is 5.69. The summed E-state index contributed by atoms with van der Waals surface area (Å²) in [6.07, 6.45) is 2.34. The molecular weight excluding hydrogens is 721 g/mol. The van der Waals surface area contributed by atoms with Crippen LogP contribution in [0.1, 0.15) is 25.0 Å². The van der Waals surface area contributed by atoms with Gasteiger partial charge < -0.3 is 47.8 Å². The van der Waals surface area contributed by atoms with Gasteiger partial charge in [-0.15, -0.1) is 0 Å². The number of benzene rings is 3. The summed E-state index contributed by atoms with van der Waals surface area (Å²) in [6, 6.07) is 28.7. The Morgan fingerprint density at radius 3 is 2.11 bits per heavy atom. The molecule has 1 aromatic heterocycles. The molecule has 47 heavy (non-hydrogen) atoms. The summed E-state index contributed by atoms with van der Waals surface area (Å²) in [7, 11) is 3.83. The highest BCUT2D eigenvalue weighted by atomic mass is 127. The molecule has 0 aliphatic carbocycles. The highest BCUT2D eigenvalue weighted by Gasteiger charge is 2.24. The fourth-order valence-corrected chi connectivity index (χ4v) is 6.79. The number of hydrogen-bond acceptors (Lipinski definition) is 7. The van der Waals surface area contributed by atoms with Crippen molar-refractivity contribution in [3.05, 3.63) is 95.0 Å². The third kappa shape index (κ3) is 10.0. The third-order valence-electron chi connectivity index (χ3n) is 8.32. The highest BCUT2D eigenvalue weighted by Crippen LogP contribution is 2.45. The molecule has 0 radical (unpaired) electrons. The number of aromatic nitrogens is 1. The molecule has 252 valence electrons. The van der Waals surface area contributed by atoms with Crippen molar-refractivity contribution in [2.45, 2.75) is 31.8 Å². The molecule has 1 aliphatic heterocycles. The second-order valence-electron chi connectivity index (χ2n) is 11.3. The van der Waals surface area contributed by atoms with E-state index in [4.69, 9.17) is 18.9 Å². The first-order valence-corrected chi connectivity index (χ1v) is 17.2. The number of halogens is 1. The van der Waals surface area contributed by atoms with E-state index in [2.05, 4.69) is 120 Å². The first kappa shape index (κ1) is 37.3. The molecule has 0 unspecified atom stereocenters. The van der Waals surface area contributed by atoms with E-state index in [1.165, 1.54) is 48.9 Å². The zero-order valence-corrected chi connectivity index (χ0v) is 31.1. The van der Waals surface area contributed by atoms with Gasteiger partial charge in [0.2, 0.25) is 11.2 Å². The topological polar surface area (TPSA) is 47.3 Å². The summed E-state index contributed by atoms with van der Waals surface area (Å²) in [5.74, 6) is 0. The van der Waals surface area contributed by atoms with Crippen molar-refractivity contribution < 1.29 is 47.5 Å². The molecule has 0 N–H and O–H groups in total. The van der Waals surface area contributed by atoms with Gasteiger partial charge in [0.25, 0.3) is 0 Å². The minimum Gasteiger partial charge on any atom is -1.00 e. The minimum atomic E-state index is 0. The second kappa shape index (κ2) is 19.5. The zero-order chi connectivity index (χ0) is 32.1. The number of anilines is 1. The summed E-state index contributed by atoms with van der Waals surface area (Å²) in [4.78, 5) is 6.02. The van der Waals surface area contributed by atoms with E-state index in [0.29, 0.717) is 46.2 Å². The molecule has 0 amide bonds. The normalized spacial score (nSPS) is 13.5. The predicted molar refractivity (Wildman–Crippen MR) is 189 cm³/mol. The largest absolute Gasteiger partial charge is 1.00 e. The van der Waals surface area contributed by atoms with Gasteiger partial charge in [0.1, 0.15) is 6.61 Å². The molecule has 0 saturated carbocycles. The molecule has 5 rings (SSSR count). The van der Waals surface area contributed by atoms with Gasteiger partial charge in [-0.1, -0.05) is 62.0 Å². The van der Waals surface area contributed by atoms with Crippen LogP contribution in [0, 0.1) is 0 Å². The number of fused-ring (bicyclic) bond motifs is 2. The van der Waals surface area contributed by atoms with Gasteiger partial charge in [0.15, 0.2) is 6.54 Å². The Morgan fingerprint density at radius 1 is 0.787 bits per heavy atom. The fraction of sp³-hybridized carbons (Fsp3) is 0.395. The molecule has 9 heteroatoms. The first-order valence-electron chi connectivity index (χ1n) is 16.3. The summed E-state index contributed by atoms with van der Waals surface area (Å²) in [5, 5.41) is 2.44. The standard InChI is InChI=1S/C38H48N3O4S.HI/c1-5-40(6-2)29-30-15-17-31(18-16-30)36-27-32(28-38-39(3)35-13-9-10-14-37(35)46-38)33-11-7-8-12-34(33)41(36)19-20-43-23-24-45-26-25-44-22-21-42-4;/h7-18,27-28H,5-6,19-26,29H2,1-4H3;1H/q+1;/p-1. The van der Waals surface area contributed by atoms with Crippen LogP contribution < -0.4 is 33.4 Å². The molecule has 0 bridgehead atoms. The third-order valence-corrected chi connectivity index (χ3v) is 9.49. The van der Waals surface area contributed by atoms with E-state index >= 15 is 0 Å². The van der Waals surface area contributed by atoms with E-state index < -0.39 is 0 Å². The van der Waals surface area contributed by atoms with E-state index in [1.807, 2.05) is 11.8 Å². The van der Waals surface area contributed by atoms with Crippen molar-refractivity contribution in [3.8, 4) is 11.3 Å². The molecule has 4 aromatic rings. The van der Waals surface area contributed by atoms with Crippen LogP contribution in [-0.2, 0) is 32.0 Å². The zero-order valence-electron chi connectivity index (χ0n) is 28.1. The number of para-hydroxylation sites is 2. The van der Waals surface area contributed by atoms with E-state index in [-0.39, 0.29) is 24.0 Å². The quantitative estimate of drug-likeness (QED) is 0.0867. The lowest BCUT2D eigenvalue weighted by atomic mass is 10.0. The molecule has 0 spiro atoms. The Kier molecular flexibility index (Phi) is 15.5. The molecule has 1 aliphatic rings. The van der Waals surface area contributed by atoms with E-state index in [0.717, 1.165) is 26.2 Å². The van der Waals surface area contributed by atoms with Gasteiger partial charge in [-0.25, -0.2) is 0 Å². The SMILES string of the molecule is CCN(CC)Cc1ccc(-c2cc(C=C3Sc4ccccc4N3C)c3ccccc3[n+]2CCOCCOCCOCCOC)cc1.[I-]. The number of ether oxygens (including phenoxy) is 4. The van der Waals surface area contributed by atoms with E-state index in [1.54, 1.807) is 7.11 Å². The maximum absolute atomic E-state index is 6.06. The minimum absolute atomic E-state index is 0. The number of methoxy groups -OCH3 is 1. The summed E-state index contributed by atoms with van der Waals surface area (Å²) >= 11 is 1.83. The summed E-state index contributed by atoms with van der Waals surface area (Å²) < 4.78 is 24.6. The van der Waals surface area contributed by atoms with Gasteiger partial charge in [-0.05, 0) is 60.6 Å². The van der Waals surface area contributed by atoms with Crippen LogP contribution in [0.4, 0.5) is 5.69 Å². The average Bonchev–Trinajstić information content (AvgIpc) is 3.41. The summed E-state index contributed by atoms with van der Waals surface area (Å²) in [6.45, 7) is 12.2. The average molecular weight is 770 g/mol. The molecule has 3 aromatic carbocycles. The maximum Gasteiger partial charge on any atom is 0.213 e.